The molecule has 0 aliphatic carbocycles. The Morgan fingerprint density at radius 1 is 1.62 bits per heavy atom. The number of anilines is 1. The monoisotopic (exact) mass is 180 g/mol. The maximum absolute atomic E-state index is 10.9. The molecule has 0 unspecified atom stereocenters. The van der Waals surface area contributed by atoms with Gasteiger partial charge in [0.05, 0.1) is 13.5 Å². The van der Waals surface area contributed by atoms with E-state index in [0.29, 0.717) is 0 Å². The van der Waals surface area contributed by atoms with Gasteiger partial charge in [0.25, 0.3) is 0 Å². The van der Waals surface area contributed by atoms with Crippen molar-refractivity contribution in [1.82, 2.24) is 0 Å². The number of nitrogen functional groups attached to an aromatic ring is 1. The first-order chi connectivity index (χ1) is 6.26. The molecule has 0 spiro atoms. The van der Waals surface area contributed by atoms with Crippen molar-refractivity contribution in [2.24, 2.45) is 5.84 Å². The molecule has 0 heterocycles. The van der Waals surface area contributed by atoms with Crippen LogP contribution in [0.15, 0.2) is 24.3 Å². The largest absolute Gasteiger partial charge is 0.469 e. The van der Waals surface area contributed by atoms with Gasteiger partial charge in [0.1, 0.15) is 0 Å². The summed E-state index contributed by atoms with van der Waals surface area (Å²) >= 11 is 0. The molecule has 1 rings (SSSR count). The second kappa shape index (κ2) is 4.47. The Morgan fingerprint density at radius 3 is 3.00 bits per heavy atom. The van der Waals surface area contributed by atoms with Crippen molar-refractivity contribution < 1.29 is 9.53 Å². The van der Waals surface area contributed by atoms with Gasteiger partial charge in [0, 0.05) is 5.69 Å². The number of hydrogen-bond acceptors (Lipinski definition) is 4. The standard InChI is InChI=1S/C9H12N2O2/c1-13-9(12)6-7-3-2-4-8(5-7)11-10/h2-5,11H,6,10H2,1H3. The molecule has 0 aliphatic heterocycles. The molecule has 0 atom stereocenters. The number of carbonyl (C=O) groups excluding carboxylic acids is 1. The summed E-state index contributed by atoms with van der Waals surface area (Å²) in [5.74, 6) is 4.96. The lowest BCUT2D eigenvalue weighted by atomic mass is 10.1. The molecule has 0 saturated heterocycles. The number of hydrazine groups is 1. The van der Waals surface area contributed by atoms with Crippen LogP contribution in [0.5, 0.6) is 0 Å². The quantitative estimate of drug-likeness (QED) is 0.408. The predicted octanol–water partition coefficient (Wildman–Crippen LogP) is 0.688. The van der Waals surface area contributed by atoms with Crippen LogP contribution in [-0.4, -0.2) is 13.1 Å². The van der Waals surface area contributed by atoms with Gasteiger partial charge in [-0.2, -0.15) is 0 Å². The summed E-state index contributed by atoms with van der Waals surface area (Å²) in [5, 5.41) is 0. The number of hydrogen-bond donors (Lipinski definition) is 2. The van der Waals surface area contributed by atoms with Gasteiger partial charge in [0.2, 0.25) is 0 Å². The smallest absolute Gasteiger partial charge is 0.309 e. The van der Waals surface area contributed by atoms with Crippen molar-refractivity contribution in [2.75, 3.05) is 12.5 Å². The van der Waals surface area contributed by atoms with Gasteiger partial charge in [-0.15, -0.1) is 0 Å². The Balaban J connectivity index is 2.71. The topological polar surface area (TPSA) is 64.3 Å². The Labute approximate surface area is 76.7 Å². The fourth-order valence-electron chi connectivity index (χ4n) is 1.01. The van der Waals surface area contributed by atoms with Crippen LogP contribution in [0, 0.1) is 0 Å². The van der Waals surface area contributed by atoms with E-state index in [9.17, 15) is 4.79 Å². The van der Waals surface area contributed by atoms with E-state index in [-0.39, 0.29) is 12.4 Å². The third-order valence-electron chi connectivity index (χ3n) is 1.67. The first-order valence-electron chi connectivity index (χ1n) is 3.88. The highest BCUT2D eigenvalue weighted by Crippen LogP contribution is 2.09. The number of carbonyl (C=O) groups is 1. The maximum atomic E-state index is 10.9. The average Bonchev–Trinajstić information content (AvgIpc) is 2.18. The highest BCUT2D eigenvalue weighted by Gasteiger charge is 2.02. The lowest BCUT2D eigenvalue weighted by molar-refractivity contribution is -0.139. The zero-order valence-corrected chi connectivity index (χ0v) is 7.41. The lowest BCUT2D eigenvalue weighted by Crippen LogP contribution is -2.08. The number of rotatable bonds is 3. The Bertz CT molecular complexity index is 299. The maximum Gasteiger partial charge on any atom is 0.309 e. The second-order valence-electron chi connectivity index (χ2n) is 2.60. The molecular weight excluding hydrogens is 168 g/mol. The predicted molar refractivity (Wildman–Crippen MR) is 50.0 cm³/mol. The summed E-state index contributed by atoms with van der Waals surface area (Å²) in [4.78, 5) is 10.9. The van der Waals surface area contributed by atoms with E-state index in [1.807, 2.05) is 18.2 Å². The van der Waals surface area contributed by atoms with E-state index in [0.717, 1.165) is 11.3 Å². The van der Waals surface area contributed by atoms with Gasteiger partial charge in [0.15, 0.2) is 0 Å². The summed E-state index contributed by atoms with van der Waals surface area (Å²) in [6.45, 7) is 0. The van der Waals surface area contributed by atoms with Crippen LogP contribution in [0.3, 0.4) is 0 Å². The van der Waals surface area contributed by atoms with Crippen molar-refractivity contribution in [3.05, 3.63) is 29.8 Å². The average molecular weight is 180 g/mol. The molecule has 1 aromatic carbocycles. The van der Waals surface area contributed by atoms with Crippen LogP contribution in [0.1, 0.15) is 5.56 Å². The van der Waals surface area contributed by atoms with E-state index in [1.54, 1.807) is 6.07 Å². The van der Waals surface area contributed by atoms with Crippen LogP contribution in [0.25, 0.3) is 0 Å². The fourth-order valence-corrected chi connectivity index (χ4v) is 1.01. The number of nitrogens with two attached hydrogens (primary N) is 1. The van der Waals surface area contributed by atoms with Gasteiger partial charge in [-0.25, -0.2) is 0 Å². The second-order valence-corrected chi connectivity index (χ2v) is 2.60. The SMILES string of the molecule is COC(=O)Cc1cccc(NN)c1. The molecule has 3 N–H and O–H groups in total. The minimum Gasteiger partial charge on any atom is -0.469 e. The normalized spacial score (nSPS) is 9.38. The Hall–Kier alpha value is -1.55. The Kier molecular flexibility index (Phi) is 3.28. The number of methoxy groups -OCH3 is 1. The number of benzene rings is 1. The van der Waals surface area contributed by atoms with E-state index in [4.69, 9.17) is 5.84 Å². The fraction of sp³-hybridized carbons (Fsp3) is 0.222. The minimum atomic E-state index is -0.255. The summed E-state index contributed by atoms with van der Waals surface area (Å²) in [7, 11) is 1.37. The molecule has 0 bridgehead atoms. The van der Waals surface area contributed by atoms with E-state index >= 15 is 0 Å². The van der Waals surface area contributed by atoms with E-state index in [1.165, 1.54) is 7.11 Å². The summed E-state index contributed by atoms with van der Waals surface area (Å²) in [6, 6.07) is 7.29. The first kappa shape index (κ1) is 9.54. The highest BCUT2D eigenvalue weighted by atomic mass is 16.5. The molecule has 13 heavy (non-hydrogen) atoms. The minimum absolute atomic E-state index is 0.255. The third-order valence-corrected chi connectivity index (χ3v) is 1.67. The molecule has 0 amide bonds. The number of esters is 1. The van der Waals surface area contributed by atoms with Crippen molar-refractivity contribution in [2.45, 2.75) is 6.42 Å². The molecule has 0 fully saturated rings. The zero-order valence-electron chi connectivity index (χ0n) is 7.41. The van der Waals surface area contributed by atoms with Crippen LogP contribution in [0.2, 0.25) is 0 Å². The van der Waals surface area contributed by atoms with Crippen molar-refractivity contribution in [3.8, 4) is 0 Å². The summed E-state index contributed by atoms with van der Waals surface area (Å²) in [6.07, 6.45) is 0.270. The first-order valence-corrected chi connectivity index (χ1v) is 3.88. The third kappa shape index (κ3) is 2.76. The van der Waals surface area contributed by atoms with Crippen LogP contribution in [0.4, 0.5) is 5.69 Å². The van der Waals surface area contributed by atoms with Crippen LogP contribution >= 0.6 is 0 Å². The molecule has 0 aromatic heterocycles. The van der Waals surface area contributed by atoms with Gasteiger partial charge < -0.3 is 10.2 Å². The number of ether oxygens (including phenoxy) is 1. The van der Waals surface area contributed by atoms with E-state index < -0.39 is 0 Å². The van der Waals surface area contributed by atoms with E-state index in [2.05, 4.69) is 10.2 Å². The molecule has 0 radical (unpaired) electrons. The summed E-state index contributed by atoms with van der Waals surface area (Å²) < 4.78 is 4.54. The number of nitrogens with one attached hydrogen (secondary N) is 1. The van der Waals surface area contributed by atoms with Gasteiger partial charge in [-0.05, 0) is 17.7 Å². The van der Waals surface area contributed by atoms with Crippen LogP contribution < -0.4 is 11.3 Å². The van der Waals surface area contributed by atoms with Crippen molar-refractivity contribution in [1.29, 1.82) is 0 Å². The lowest BCUT2D eigenvalue weighted by Gasteiger charge is -2.03. The van der Waals surface area contributed by atoms with Crippen molar-refractivity contribution >= 4 is 11.7 Å². The highest BCUT2D eigenvalue weighted by molar-refractivity contribution is 5.72. The zero-order chi connectivity index (χ0) is 9.68. The molecule has 4 heteroatoms. The molecule has 0 saturated carbocycles. The molecule has 4 nitrogen and oxygen atoms in total. The van der Waals surface area contributed by atoms with Crippen molar-refractivity contribution in [3.63, 3.8) is 0 Å². The molecule has 70 valence electrons. The Morgan fingerprint density at radius 2 is 2.38 bits per heavy atom. The van der Waals surface area contributed by atoms with Gasteiger partial charge in [-0.1, -0.05) is 12.1 Å². The summed E-state index contributed by atoms with van der Waals surface area (Å²) in [5.41, 5.74) is 4.16. The van der Waals surface area contributed by atoms with Crippen LogP contribution in [-0.2, 0) is 16.0 Å². The van der Waals surface area contributed by atoms with Gasteiger partial charge in [-0.3, -0.25) is 10.6 Å². The molecule has 0 aliphatic rings. The van der Waals surface area contributed by atoms with Gasteiger partial charge >= 0.3 is 5.97 Å². The molecular formula is C9H12N2O2. The molecule has 1 aromatic rings.